The third-order valence-electron chi connectivity index (χ3n) is 8.48. The summed E-state index contributed by atoms with van der Waals surface area (Å²) in [5.41, 5.74) is 4.03. The maximum Gasteiger partial charge on any atom is 0.247 e. The highest BCUT2D eigenvalue weighted by Crippen LogP contribution is 2.31. The van der Waals surface area contributed by atoms with Gasteiger partial charge < -0.3 is 10.2 Å². The second-order valence-electron chi connectivity index (χ2n) is 12.4. The number of piperidine rings is 2. The molecule has 5 nitrogen and oxygen atoms in total. The van der Waals surface area contributed by atoms with Crippen molar-refractivity contribution in [2.45, 2.75) is 111 Å². The topological polar surface area (TPSA) is 52.7 Å². The summed E-state index contributed by atoms with van der Waals surface area (Å²) in [5.74, 6) is 2.26. The van der Waals surface area contributed by atoms with Crippen molar-refractivity contribution in [1.82, 2.24) is 10.2 Å². The third-order valence-corrected chi connectivity index (χ3v) is 8.48. The highest BCUT2D eigenvalue weighted by Gasteiger charge is 2.34. The van der Waals surface area contributed by atoms with E-state index in [1.807, 2.05) is 6.92 Å². The van der Waals surface area contributed by atoms with E-state index in [-0.39, 0.29) is 11.8 Å². The van der Waals surface area contributed by atoms with Gasteiger partial charge in [-0.1, -0.05) is 59.2 Å². The first-order valence-corrected chi connectivity index (χ1v) is 15.3. The lowest BCUT2D eigenvalue weighted by Crippen LogP contribution is -2.52. The number of nitrogens with zero attached hydrogens (tertiary/aromatic N) is 2. The monoisotopic (exact) mass is 523 g/mol. The van der Waals surface area contributed by atoms with Crippen molar-refractivity contribution in [2.75, 3.05) is 24.5 Å². The average molecular weight is 524 g/mol. The number of allylic oxidation sites excluding steroid dienone is 1. The minimum Gasteiger partial charge on any atom is -0.329 e. The number of anilines is 1. The van der Waals surface area contributed by atoms with Gasteiger partial charge in [0.2, 0.25) is 11.8 Å². The molecular formula is C33H53N3O2. The van der Waals surface area contributed by atoms with Gasteiger partial charge in [-0.2, -0.15) is 0 Å². The standard InChI is InChI=1S/C33H53N3O2/c1-7-9-28(13-11-24(3)4)23-35-19-17-27(18-20-35)22-29-14-16-30(25(5)21-29)36(32(37)10-8-2)31-15-12-26(6)34-33(31)38/h14,16,21,24,27-28,31H,6-13,15,17-20,22-23H2,1-5H3,(H,34,38). The first kappa shape index (κ1) is 30.4. The van der Waals surface area contributed by atoms with E-state index >= 15 is 0 Å². The predicted molar refractivity (Wildman–Crippen MR) is 159 cm³/mol. The molecular weight excluding hydrogens is 470 g/mol. The molecule has 1 aromatic carbocycles. The fourth-order valence-electron chi connectivity index (χ4n) is 6.31. The molecule has 2 atom stereocenters. The number of benzene rings is 1. The SMILES string of the molecule is C=C1CCC(N(C(=O)CCC)c2ccc(CC3CCN(CC(CCC)CCC(C)C)CC3)cc2C)C(=O)N1. The van der Waals surface area contributed by atoms with Gasteiger partial charge in [-0.25, -0.2) is 0 Å². The van der Waals surface area contributed by atoms with Gasteiger partial charge in [0.25, 0.3) is 0 Å². The summed E-state index contributed by atoms with van der Waals surface area (Å²) in [6.07, 6.45) is 11.5. The minimum absolute atomic E-state index is 0.0261. The summed E-state index contributed by atoms with van der Waals surface area (Å²) in [4.78, 5) is 30.4. The van der Waals surface area contributed by atoms with Crippen LogP contribution in [0.25, 0.3) is 0 Å². The second kappa shape index (κ2) is 14.9. The van der Waals surface area contributed by atoms with E-state index in [9.17, 15) is 9.59 Å². The summed E-state index contributed by atoms with van der Waals surface area (Å²) in [7, 11) is 0. The molecule has 2 aliphatic rings. The number of amides is 2. The van der Waals surface area contributed by atoms with Crippen molar-refractivity contribution < 1.29 is 9.59 Å². The number of carbonyl (C=O) groups excluding carboxylic acids is 2. The smallest absolute Gasteiger partial charge is 0.247 e. The maximum atomic E-state index is 13.2. The lowest BCUT2D eigenvalue weighted by molar-refractivity contribution is -0.126. The van der Waals surface area contributed by atoms with Crippen molar-refractivity contribution in [3.8, 4) is 0 Å². The lowest BCUT2D eigenvalue weighted by Gasteiger charge is -2.36. The Morgan fingerprint density at radius 3 is 2.45 bits per heavy atom. The van der Waals surface area contributed by atoms with E-state index in [4.69, 9.17) is 0 Å². The van der Waals surface area contributed by atoms with Gasteiger partial charge in [0.1, 0.15) is 6.04 Å². The average Bonchev–Trinajstić information content (AvgIpc) is 2.86. The van der Waals surface area contributed by atoms with Crippen molar-refractivity contribution in [1.29, 1.82) is 0 Å². The first-order valence-electron chi connectivity index (χ1n) is 15.3. The molecule has 5 heteroatoms. The van der Waals surface area contributed by atoms with Crippen LogP contribution in [-0.4, -0.2) is 42.4 Å². The molecule has 0 bridgehead atoms. The Morgan fingerprint density at radius 1 is 1.11 bits per heavy atom. The Labute approximate surface area is 232 Å². The second-order valence-corrected chi connectivity index (χ2v) is 12.4. The summed E-state index contributed by atoms with van der Waals surface area (Å²) in [5, 5.41) is 2.86. The molecule has 2 saturated heterocycles. The van der Waals surface area contributed by atoms with Gasteiger partial charge in [0.15, 0.2) is 0 Å². The van der Waals surface area contributed by atoms with Gasteiger partial charge in [-0.05, 0) is 106 Å². The molecule has 0 saturated carbocycles. The van der Waals surface area contributed by atoms with Crippen molar-refractivity contribution in [2.24, 2.45) is 17.8 Å². The molecule has 1 N–H and O–H groups in total. The molecule has 3 rings (SSSR count). The fourth-order valence-corrected chi connectivity index (χ4v) is 6.31. The van der Waals surface area contributed by atoms with E-state index in [1.165, 1.54) is 63.7 Å². The third kappa shape index (κ3) is 8.69. The van der Waals surface area contributed by atoms with Crippen molar-refractivity contribution >= 4 is 17.5 Å². The van der Waals surface area contributed by atoms with E-state index in [0.29, 0.717) is 25.2 Å². The van der Waals surface area contributed by atoms with Gasteiger partial charge in [0, 0.05) is 24.4 Å². The van der Waals surface area contributed by atoms with Crippen LogP contribution in [-0.2, 0) is 16.0 Å². The highest BCUT2D eigenvalue weighted by molar-refractivity contribution is 6.02. The van der Waals surface area contributed by atoms with E-state index in [0.717, 1.165) is 41.6 Å². The van der Waals surface area contributed by atoms with Crippen LogP contribution in [0.5, 0.6) is 0 Å². The van der Waals surface area contributed by atoms with E-state index in [2.05, 4.69) is 62.7 Å². The zero-order chi connectivity index (χ0) is 27.7. The van der Waals surface area contributed by atoms with Crippen molar-refractivity contribution in [3.63, 3.8) is 0 Å². The maximum absolute atomic E-state index is 13.2. The fraction of sp³-hybridized carbons (Fsp3) is 0.697. The van der Waals surface area contributed by atoms with Crippen LogP contribution in [0.4, 0.5) is 5.69 Å². The molecule has 38 heavy (non-hydrogen) atoms. The molecule has 0 spiro atoms. The van der Waals surface area contributed by atoms with Gasteiger partial charge in [-0.15, -0.1) is 0 Å². The van der Waals surface area contributed by atoms with Crippen LogP contribution in [0.15, 0.2) is 30.5 Å². The molecule has 0 aliphatic carbocycles. The van der Waals surface area contributed by atoms with Crippen LogP contribution in [0.1, 0.15) is 103 Å². The number of carbonyl (C=O) groups is 2. The van der Waals surface area contributed by atoms with Gasteiger partial charge in [-0.3, -0.25) is 14.5 Å². The quantitative estimate of drug-likeness (QED) is 0.302. The number of nitrogens with one attached hydrogen (secondary N) is 1. The summed E-state index contributed by atoms with van der Waals surface area (Å²) >= 11 is 0. The zero-order valence-corrected chi connectivity index (χ0v) is 24.9. The Kier molecular flexibility index (Phi) is 11.9. The summed E-state index contributed by atoms with van der Waals surface area (Å²) < 4.78 is 0. The predicted octanol–water partition coefficient (Wildman–Crippen LogP) is 7.03. The van der Waals surface area contributed by atoms with Gasteiger partial charge >= 0.3 is 0 Å². The van der Waals surface area contributed by atoms with Crippen LogP contribution in [0, 0.1) is 24.7 Å². The first-order chi connectivity index (χ1) is 18.2. The minimum atomic E-state index is -0.467. The number of aryl methyl sites for hydroxylation is 1. The summed E-state index contributed by atoms with van der Waals surface area (Å²) in [6.45, 7) is 18.7. The van der Waals surface area contributed by atoms with Crippen molar-refractivity contribution in [3.05, 3.63) is 41.6 Å². The van der Waals surface area contributed by atoms with E-state index < -0.39 is 6.04 Å². The van der Waals surface area contributed by atoms with Crippen LogP contribution in [0.3, 0.4) is 0 Å². The number of hydrogen-bond acceptors (Lipinski definition) is 3. The molecule has 2 unspecified atom stereocenters. The normalized spacial score (nSPS) is 20.0. The number of likely N-dealkylation sites (tertiary alicyclic amines) is 1. The molecule has 1 aromatic rings. The van der Waals surface area contributed by atoms with Gasteiger partial charge in [0.05, 0.1) is 0 Å². The molecule has 2 amide bonds. The lowest BCUT2D eigenvalue weighted by atomic mass is 9.88. The Bertz CT molecular complexity index is 932. The zero-order valence-electron chi connectivity index (χ0n) is 24.9. The van der Waals surface area contributed by atoms with E-state index in [1.54, 1.807) is 4.90 Å². The van der Waals surface area contributed by atoms with Crippen LogP contribution >= 0.6 is 0 Å². The van der Waals surface area contributed by atoms with Crippen LogP contribution < -0.4 is 10.2 Å². The largest absolute Gasteiger partial charge is 0.329 e. The van der Waals surface area contributed by atoms with Crippen LogP contribution in [0.2, 0.25) is 0 Å². The summed E-state index contributed by atoms with van der Waals surface area (Å²) in [6, 6.07) is 6.04. The Hall–Kier alpha value is -2.14. The Morgan fingerprint density at radius 2 is 1.84 bits per heavy atom. The Balaban J connectivity index is 1.61. The highest BCUT2D eigenvalue weighted by atomic mass is 16.2. The molecule has 2 aliphatic heterocycles. The molecule has 2 heterocycles. The molecule has 2 fully saturated rings. The number of hydrogen-bond donors (Lipinski definition) is 1. The molecule has 0 radical (unpaired) electrons. The molecule has 212 valence electrons. The molecule has 0 aromatic heterocycles. The number of rotatable bonds is 13.